The Morgan fingerprint density at radius 2 is 2.11 bits per heavy atom. The van der Waals surface area contributed by atoms with Crippen LogP contribution in [0.1, 0.15) is 51.1 Å². The predicted octanol–water partition coefficient (Wildman–Crippen LogP) is 3.83. The third-order valence-corrected chi connectivity index (χ3v) is 3.06. The molecule has 0 saturated carbocycles. The maximum absolute atomic E-state index is 10.7. The first kappa shape index (κ1) is 14.6. The Morgan fingerprint density at radius 3 is 2.72 bits per heavy atom. The molecule has 1 aromatic rings. The van der Waals surface area contributed by atoms with Crippen molar-refractivity contribution in [3.63, 3.8) is 0 Å². The van der Waals surface area contributed by atoms with Crippen LogP contribution in [-0.4, -0.2) is 11.5 Å². The number of nitro benzene ring substituents is 1. The second-order valence-corrected chi connectivity index (χ2v) is 4.47. The van der Waals surface area contributed by atoms with Gasteiger partial charge in [0.15, 0.2) is 0 Å². The van der Waals surface area contributed by atoms with E-state index in [4.69, 9.17) is 0 Å². The zero-order chi connectivity index (χ0) is 13.4. The normalized spacial score (nSPS) is 12.3. The van der Waals surface area contributed by atoms with Gasteiger partial charge in [-0.1, -0.05) is 38.8 Å². The number of non-ortho nitro benzene ring substituents is 1. The van der Waals surface area contributed by atoms with Crippen molar-refractivity contribution in [2.45, 2.75) is 45.6 Å². The molecule has 0 aliphatic carbocycles. The fourth-order valence-electron chi connectivity index (χ4n) is 2.00. The van der Waals surface area contributed by atoms with Crippen molar-refractivity contribution < 1.29 is 4.92 Å². The molecule has 0 aromatic heterocycles. The minimum Gasteiger partial charge on any atom is -0.310 e. The maximum atomic E-state index is 10.7. The molecule has 1 N–H and O–H groups in total. The molecule has 1 aromatic carbocycles. The van der Waals surface area contributed by atoms with Gasteiger partial charge >= 0.3 is 0 Å². The fourth-order valence-corrected chi connectivity index (χ4v) is 2.00. The van der Waals surface area contributed by atoms with E-state index in [0.29, 0.717) is 0 Å². The lowest BCUT2D eigenvalue weighted by atomic mass is 10.0. The van der Waals surface area contributed by atoms with Crippen molar-refractivity contribution >= 4 is 5.69 Å². The summed E-state index contributed by atoms with van der Waals surface area (Å²) in [6.07, 6.45) is 4.52. The largest absolute Gasteiger partial charge is 0.310 e. The standard InChI is InChI=1S/C14H22N2O2/c1-3-5-6-10-15-14(4-2)12-8-7-9-13(11-12)16(17)18/h7-9,11,14-15H,3-6,10H2,1-2H3. The van der Waals surface area contributed by atoms with Gasteiger partial charge in [-0.3, -0.25) is 10.1 Å². The van der Waals surface area contributed by atoms with Crippen molar-refractivity contribution in [3.05, 3.63) is 39.9 Å². The second kappa shape index (κ2) is 7.82. The van der Waals surface area contributed by atoms with Crippen LogP contribution < -0.4 is 5.32 Å². The average Bonchev–Trinajstić information content (AvgIpc) is 2.39. The van der Waals surface area contributed by atoms with Crippen molar-refractivity contribution in [1.82, 2.24) is 5.32 Å². The number of nitrogens with zero attached hydrogens (tertiary/aromatic N) is 1. The van der Waals surface area contributed by atoms with Gasteiger partial charge in [0.25, 0.3) is 5.69 Å². The Balaban J connectivity index is 2.63. The lowest BCUT2D eigenvalue weighted by Gasteiger charge is -2.17. The van der Waals surface area contributed by atoms with Crippen molar-refractivity contribution in [1.29, 1.82) is 0 Å². The molecule has 0 fully saturated rings. The first-order valence-corrected chi connectivity index (χ1v) is 6.66. The van der Waals surface area contributed by atoms with E-state index in [-0.39, 0.29) is 16.7 Å². The summed E-state index contributed by atoms with van der Waals surface area (Å²) in [4.78, 5) is 10.4. The number of benzene rings is 1. The number of hydrogen-bond acceptors (Lipinski definition) is 3. The van der Waals surface area contributed by atoms with E-state index in [9.17, 15) is 10.1 Å². The lowest BCUT2D eigenvalue weighted by Crippen LogP contribution is -2.21. The van der Waals surface area contributed by atoms with Crippen molar-refractivity contribution in [2.75, 3.05) is 6.54 Å². The Kier molecular flexibility index (Phi) is 6.36. The van der Waals surface area contributed by atoms with Crippen molar-refractivity contribution in [3.8, 4) is 0 Å². The van der Waals surface area contributed by atoms with Crippen LogP contribution in [0.15, 0.2) is 24.3 Å². The maximum Gasteiger partial charge on any atom is 0.269 e. The number of rotatable bonds is 8. The summed E-state index contributed by atoms with van der Waals surface area (Å²) in [6.45, 7) is 5.24. The summed E-state index contributed by atoms with van der Waals surface area (Å²) in [7, 11) is 0. The second-order valence-electron chi connectivity index (χ2n) is 4.47. The highest BCUT2D eigenvalue weighted by Gasteiger charge is 2.12. The lowest BCUT2D eigenvalue weighted by molar-refractivity contribution is -0.384. The van der Waals surface area contributed by atoms with Gasteiger partial charge in [0, 0.05) is 18.2 Å². The van der Waals surface area contributed by atoms with Crippen LogP contribution in [0.5, 0.6) is 0 Å². The summed E-state index contributed by atoms with van der Waals surface area (Å²) in [5.41, 5.74) is 1.17. The minimum absolute atomic E-state index is 0.168. The highest BCUT2D eigenvalue weighted by molar-refractivity contribution is 5.35. The Labute approximate surface area is 109 Å². The van der Waals surface area contributed by atoms with Gasteiger partial charge in [-0.25, -0.2) is 0 Å². The van der Waals surface area contributed by atoms with E-state index in [1.807, 2.05) is 6.07 Å². The molecule has 4 heteroatoms. The first-order chi connectivity index (χ1) is 8.69. The zero-order valence-electron chi connectivity index (χ0n) is 11.2. The van der Waals surface area contributed by atoms with E-state index in [1.165, 1.54) is 18.9 Å². The van der Waals surface area contributed by atoms with Crippen LogP contribution in [0.2, 0.25) is 0 Å². The molecule has 100 valence electrons. The Bertz CT molecular complexity index is 380. The third kappa shape index (κ3) is 4.45. The first-order valence-electron chi connectivity index (χ1n) is 6.66. The summed E-state index contributed by atoms with van der Waals surface area (Å²) in [5, 5.41) is 14.2. The van der Waals surface area contributed by atoms with E-state index in [1.54, 1.807) is 12.1 Å². The van der Waals surface area contributed by atoms with Crippen molar-refractivity contribution in [2.24, 2.45) is 0 Å². The zero-order valence-corrected chi connectivity index (χ0v) is 11.2. The fraction of sp³-hybridized carbons (Fsp3) is 0.571. The smallest absolute Gasteiger partial charge is 0.269 e. The molecular weight excluding hydrogens is 228 g/mol. The van der Waals surface area contributed by atoms with Gasteiger partial charge in [-0.15, -0.1) is 0 Å². The molecule has 0 bridgehead atoms. The van der Waals surface area contributed by atoms with Gasteiger partial charge in [-0.05, 0) is 24.9 Å². The SMILES string of the molecule is CCCCCNC(CC)c1cccc([N+](=O)[O-])c1. The molecule has 0 aliphatic heterocycles. The molecule has 4 nitrogen and oxygen atoms in total. The topological polar surface area (TPSA) is 55.2 Å². The Hall–Kier alpha value is -1.42. The van der Waals surface area contributed by atoms with Gasteiger partial charge in [0.05, 0.1) is 4.92 Å². The van der Waals surface area contributed by atoms with E-state index in [2.05, 4.69) is 19.2 Å². The molecular formula is C14H22N2O2. The Morgan fingerprint density at radius 1 is 1.33 bits per heavy atom. The van der Waals surface area contributed by atoms with Crippen LogP contribution in [0.3, 0.4) is 0 Å². The quantitative estimate of drug-likeness (QED) is 0.433. The molecule has 18 heavy (non-hydrogen) atoms. The number of hydrogen-bond donors (Lipinski definition) is 1. The van der Waals surface area contributed by atoms with Gasteiger partial charge in [-0.2, -0.15) is 0 Å². The summed E-state index contributed by atoms with van der Waals surface area (Å²) in [5.74, 6) is 0. The molecule has 1 atom stereocenters. The van der Waals surface area contributed by atoms with Crippen LogP contribution in [0.4, 0.5) is 5.69 Å². The van der Waals surface area contributed by atoms with E-state index >= 15 is 0 Å². The molecule has 0 radical (unpaired) electrons. The monoisotopic (exact) mass is 250 g/mol. The van der Waals surface area contributed by atoms with E-state index < -0.39 is 0 Å². The highest BCUT2D eigenvalue weighted by Crippen LogP contribution is 2.21. The number of nitro groups is 1. The number of unbranched alkanes of at least 4 members (excludes halogenated alkanes) is 2. The summed E-state index contributed by atoms with van der Waals surface area (Å²) >= 11 is 0. The van der Waals surface area contributed by atoms with Gasteiger partial charge < -0.3 is 5.32 Å². The molecule has 1 rings (SSSR count). The van der Waals surface area contributed by atoms with Crippen LogP contribution in [0, 0.1) is 10.1 Å². The molecule has 1 unspecified atom stereocenters. The third-order valence-electron chi connectivity index (χ3n) is 3.06. The molecule has 0 spiro atoms. The molecule has 0 heterocycles. The average molecular weight is 250 g/mol. The minimum atomic E-state index is -0.340. The van der Waals surface area contributed by atoms with E-state index in [0.717, 1.165) is 24.9 Å². The predicted molar refractivity (Wildman–Crippen MR) is 73.7 cm³/mol. The number of nitrogens with one attached hydrogen (secondary N) is 1. The van der Waals surface area contributed by atoms with Gasteiger partial charge in [0.1, 0.15) is 0 Å². The molecule has 0 aliphatic rings. The van der Waals surface area contributed by atoms with Gasteiger partial charge in [0.2, 0.25) is 0 Å². The van der Waals surface area contributed by atoms with Crippen LogP contribution in [0.25, 0.3) is 0 Å². The molecule has 0 saturated heterocycles. The molecule has 0 amide bonds. The van der Waals surface area contributed by atoms with Crippen LogP contribution >= 0.6 is 0 Å². The highest BCUT2D eigenvalue weighted by atomic mass is 16.6. The summed E-state index contributed by atoms with van der Waals surface area (Å²) in [6, 6.07) is 7.12. The summed E-state index contributed by atoms with van der Waals surface area (Å²) < 4.78 is 0. The van der Waals surface area contributed by atoms with Crippen LogP contribution in [-0.2, 0) is 0 Å².